The monoisotopic (exact) mass is 841 g/mol. The Hall–Kier alpha value is -3.31. The van der Waals surface area contributed by atoms with Crippen LogP contribution in [0, 0.1) is 23.7 Å². The lowest BCUT2D eigenvalue weighted by atomic mass is 9.72. The van der Waals surface area contributed by atoms with Gasteiger partial charge in [0.15, 0.2) is 17.9 Å². The molecule has 6 rings (SSSR count). The summed E-state index contributed by atoms with van der Waals surface area (Å²) in [4.78, 5) is 43.5. The molecule has 4 aliphatic rings. The number of esters is 1. The van der Waals surface area contributed by atoms with Crippen LogP contribution in [0.15, 0.2) is 41.9 Å². The zero-order valence-electron chi connectivity index (χ0n) is 37.8. The predicted octanol–water partition coefficient (Wildman–Crippen LogP) is 5.19. The Kier molecular flexibility index (Phi) is 16.5. The summed E-state index contributed by atoms with van der Waals surface area (Å²) in [5.41, 5.74) is -1.21. The first-order chi connectivity index (χ1) is 28.4. The molecular formula is C45H72N6O9. The van der Waals surface area contributed by atoms with Gasteiger partial charge in [0, 0.05) is 48.7 Å². The average molecular weight is 841 g/mol. The third-order valence-electron chi connectivity index (χ3n) is 13.2. The van der Waals surface area contributed by atoms with Crippen LogP contribution in [0.5, 0.6) is 0 Å². The molecule has 2 bridgehead atoms. The second-order valence-electron chi connectivity index (χ2n) is 18.3. The van der Waals surface area contributed by atoms with Gasteiger partial charge in [-0.25, -0.2) is 9.67 Å². The van der Waals surface area contributed by atoms with Gasteiger partial charge >= 0.3 is 5.97 Å². The molecule has 60 heavy (non-hydrogen) atoms. The molecule has 0 aliphatic carbocycles. The third-order valence-corrected chi connectivity index (χ3v) is 13.2. The Morgan fingerprint density at radius 3 is 2.48 bits per heavy atom. The van der Waals surface area contributed by atoms with E-state index in [1.165, 1.54) is 0 Å². The number of fused-ring (bicyclic) bond motifs is 15. The number of carbonyl (C=O) groups excluding carboxylic acids is 2. The van der Waals surface area contributed by atoms with E-state index >= 15 is 0 Å². The fourth-order valence-corrected chi connectivity index (χ4v) is 9.70. The van der Waals surface area contributed by atoms with Crippen LogP contribution in [0.25, 0.3) is 5.82 Å². The maximum Gasteiger partial charge on any atom is 0.316 e. The molecular weight excluding hydrogens is 769 g/mol. The summed E-state index contributed by atoms with van der Waals surface area (Å²) in [6.45, 7) is 18.9. The second-order valence-corrected chi connectivity index (χ2v) is 18.3. The molecule has 6 heterocycles. The lowest BCUT2D eigenvalue weighted by Crippen LogP contribution is -2.60. The van der Waals surface area contributed by atoms with Crippen molar-refractivity contribution in [1.29, 1.82) is 0 Å². The minimum atomic E-state index is -1.45. The standard InChI is InChI=1S/C45H72N6O9/c1-12-20-50-25-28(3)35-17-16-34(48-57-26-33-15-18-38(46-24-33)51-21-14-19-47-51)27-56-44(8,23-29(50)4)41(60-43-40(53)36(49(10)11)22-30(5)58-43)31(6)39(52)32(7)42(54)59-37(13-2)45(35,9)55/h14-15,18-19,21,24,28-32,35-37,40-41,43,53,55H,12-13,16-17,20,22-23,25-27H2,1-11H3/b48-34+/t28-,29+,30+,31-,32+,35+,36-,37+,40+,41+,43-,44+,45-/m0/s1. The van der Waals surface area contributed by atoms with Crippen LogP contribution in [-0.4, -0.2) is 140 Å². The van der Waals surface area contributed by atoms with Crippen molar-refractivity contribution in [2.24, 2.45) is 28.8 Å². The minimum Gasteiger partial charge on any atom is -0.459 e. The maximum atomic E-state index is 14.6. The van der Waals surface area contributed by atoms with Crippen LogP contribution in [0.2, 0.25) is 0 Å². The smallest absolute Gasteiger partial charge is 0.316 e. The largest absolute Gasteiger partial charge is 0.459 e. The number of ether oxygens (including phenoxy) is 4. The number of ketones is 1. The number of Topliss-reactive ketones (excluding diaryl/α,β-unsaturated/α-hetero) is 1. The summed E-state index contributed by atoms with van der Waals surface area (Å²) >= 11 is 0. The Morgan fingerprint density at radius 2 is 1.85 bits per heavy atom. The van der Waals surface area contributed by atoms with E-state index in [0.29, 0.717) is 50.2 Å². The Balaban J connectivity index is 1.60. The highest BCUT2D eigenvalue weighted by atomic mass is 16.7. The lowest BCUT2D eigenvalue weighted by molar-refractivity contribution is -0.296. The molecule has 2 N–H and O–H groups in total. The number of hydrogen-bond donors (Lipinski definition) is 2. The Bertz CT molecular complexity index is 1710. The van der Waals surface area contributed by atoms with Gasteiger partial charge in [-0.3, -0.25) is 9.59 Å². The van der Waals surface area contributed by atoms with E-state index in [9.17, 15) is 19.8 Å². The molecule has 0 unspecified atom stereocenters. The molecule has 4 aliphatic heterocycles. The summed E-state index contributed by atoms with van der Waals surface area (Å²) in [6.07, 6.45) is 4.21. The predicted molar refractivity (Wildman–Crippen MR) is 227 cm³/mol. The molecule has 4 saturated heterocycles. The second kappa shape index (κ2) is 20.7. The molecule has 2 aromatic heterocycles. The van der Waals surface area contributed by atoms with Gasteiger partial charge in [0.05, 0.1) is 30.1 Å². The fraction of sp³-hybridized carbons (Fsp3) is 0.756. The molecule has 15 heteroatoms. The summed E-state index contributed by atoms with van der Waals surface area (Å²) in [6, 6.07) is 5.28. The number of oxime groups is 1. The number of carbonyl (C=O) groups is 2. The quantitative estimate of drug-likeness (QED) is 0.182. The van der Waals surface area contributed by atoms with Gasteiger partial charge in [-0.05, 0) is 118 Å². The topological polar surface area (TPSA) is 170 Å². The van der Waals surface area contributed by atoms with E-state index < -0.39 is 59.4 Å². The van der Waals surface area contributed by atoms with Crippen molar-refractivity contribution in [1.82, 2.24) is 24.6 Å². The van der Waals surface area contributed by atoms with E-state index in [4.69, 9.17) is 23.8 Å². The van der Waals surface area contributed by atoms with Crippen LogP contribution in [0.1, 0.15) is 106 Å². The van der Waals surface area contributed by atoms with Gasteiger partial charge in [0.1, 0.15) is 30.3 Å². The molecule has 0 spiro atoms. The Morgan fingerprint density at radius 1 is 1.10 bits per heavy atom. The van der Waals surface area contributed by atoms with Gasteiger partial charge in [-0.15, -0.1) is 0 Å². The number of aromatic nitrogens is 3. The van der Waals surface area contributed by atoms with Crippen molar-refractivity contribution in [3.8, 4) is 5.82 Å². The summed E-state index contributed by atoms with van der Waals surface area (Å²) in [5.74, 6) is -2.87. The van der Waals surface area contributed by atoms with Crippen molar-refractivity contribution in [3.05, 3.63) is 42.4 Å². The first-order valence-electron chi connectivity index (χ1n) is 22.0. The van der Waals surface area contributed by atoms with Gasteiger partial charge in [-0.2, -0.15) is 5.10 Å². The van der Waals surface area contributed by atoms with Gasteiger partial charge < -0.3 is 43.8 Å². The molecule has 2 aromatic rings. The van der Waals surface area contributed by atoms with Crippen molar-refractivity contribution in [3.63, 3.8) is 0 Å². The highest BCUT2D eigenvalue weighted by molar-refractivity contribution is 6.00. The van der Waals surface area contributed by atoms with Crippen LogP contribution in [0.4, 0.5) is 0 Å². The number of likely N-dealkylation sites (N-methyl/N-ethyl adjacent to an activating group) is 1. The number of rotatable bonds is 10. The third kappa shape index (κ3) is 11.2. The molecule has 0 saturated carbocycles. The lowest BCUT2D eigenvalue weighted by Gasteiger charge is -2.48. The van der Waals surface area contributed by atoms with Gasteiger partial charge in [0.2, 0.25) is 0 Å². The normalized spacial score (nSPS) is 37.5. The number of pyridine rings is 1. The first-order valence-corrected chi connectivity index (χ1v) is 22.0. The molecule has 0 amide bonds. The van der Waals surface area contributed by atoms with Crippen molar-refractivity contribution in [2.45, 2.75) is 161 Å². The zero-order chi connectivity index (χ0) is 43.9. The van der Waals surface area contributed by atoms with Crippen molar-refractivity contribution < 1.29 is 43.6 Å². The average Bonchev–Trinajstić information content (AvgIpc) is 3.75. The number of nitrogens with zero attached hydrogens (tertiary/aromatic N) is 6. The maximum absolute atomic E-state index is 14.6. The highest BCUT2D eigenvalue weighted by Gasteiger charge is 2.51. The van der Waals surface area contributed by atoms with Crippen LogP contribution in [-0.2, 0) is 40.0 Å². The number of aliphatic hydroxyl groups is 2. The Labute approximate surface area is 357 Å². The molecule has 0 aromatic carbocycles. The van der Waals surface area contributed by atoms with Crippen molar-refractivity contribution >= 4 is 17.5 Å². The zero-order valence-corrected chi connectivity index (χ0v) is 37.8. The fourth-order valence-electron chi connectivity index (χ4n) is 9.70. The number of hydrogen-bond acceptors (Lipinski definition) is 14. The van der Waals surface area contributed by atoms with E-state index in [0.717, 1.165) is 18.5 Å². The summed E-state index contributed by atoms with van der Waals surface area (Å²) in [5, 5.41) is 33.2. The van der Waals surface area contributed by atoms with Gasteiger partial charge in [0.25, 0.3) is 0 Å². The van der Waals surface area contributed by atoms with E-state index in [1.54, 1.807) is 37.8 Å². The van der Waals surface area contributed by atoms with Crippen molar-refractivity contribution in [2.75, 3.05) is 33.8 Å². The minimum absolute atomic E-state index is 0.0322. The molecule has 4 fully saturated rings. The van der Waals surface area contributed by atoms with E-state index in [-0.39, 0.29) is 43.2 Å². The summed E-state index contributed by atoms with van der Waals surface area (Å²) in [7, 11) is 3.83. The van der Waals surface area contributed by atoms with E-state index in [2.05, 4.69) is 40.9 Å². The molecule has 336 valence electrons. The first kappa shape index (κ1) is 47.7. The number of aliphatic hydroxyl groups excluding tert-OH is 1. The summed E-state index contributed by atoms with van der Waals surface area (Å²) < 4.78 is 28.1. The van der Waals surface area contributed by atoms with Crippen LogP contribution >= 0.6 is 0 Å². The molecule has 15 nitrogen and oxygen atoms in total. The molecule has 0 radical (unpaired) electrons. The van der Waals surface area contributed by atoms with Crippen LogP contribution in [0.3, 0.4) is 0 Å². The van der Waals surface area contributed by atoms with E-state index in [1.807, 2.05) is 64.2 Å². The molecule has 13 atom stereocenters. The van der Waals surface area contributed by atoms with Crippen LogP contribution < -0.4 is 0 Å². The SMILES string of the molecule is CCCN1C[C@H](C)[C@H]2CC/C(=N\OCc3ccc(-n4cccn4)nc3)CO[C@](C)(C[C@H]1C)[C@H](O[C@@H]1O[C@H](C)C[C@H](N(C)C)[C@H]1O)[C@@H](C)C(=O)[C@@H](C)C(=O)O[C@H](CC)[C@@]2(C)O. The van der Waals surface area contributed by atoms with Gasteiger partial charge in [-0.1, -0.05) is 38.9 Å². The highest BCUT2D eigenvalue weighted by Crippen LogP contribution is 2.40.